The summed E-state index contributed by atoms with van der Waals surface area (Å²) in [5.74, 6) is 0.547. The van der Waals surface area contributed by atoms with Gasteiger partial charge in [0.15, 0.2) is 0 Å². The monoisotopic (exact) mass is 417 g/mol. The Bertz CT molecular complexity index is 1000. The second-order valence-corrected chi connectivity index (χ2v) is 9.43. The van der Waals surface area contributed by atoms with Crippen LogP contribution in [0.15, 0.2) is 41.3 Å². The molecule has 1 amide bonds. The molecular weight excluding hydrogens is 390 g/mol. The lowest BCUT2D eigenvalue weighted by Crippen LogP contribution is -2.37. The predicted octanol–water partition coefficient (Wildman–Crippen LogP) is 2.65. The highest BCUT2D eigenvalue weighted by Crippen LogP contribution is 2.36. The van der Waals surface area contributed by atoms with Gasteiger partial charge >= 0.3 is 0 Å². The number of sulfonamides is 1. The molecule has 1 aliphatic rings. The molecule has 0 bridgehead atoms. The molecule has 0 unspecified atom stereocenters. The Hall–Kier alpha value is -2.58. The first-order chi connectivity index (χ1) is 13.7. The van der Waals surface area contributed by atoms with E-state index >= 15 is 0 Å². The molecule has 0 radical (unpaired) electrons. The van der Waals surface area contributed by atoms with E-state index in [0.717, 1.165) is 40.7 Å². The molecule has 0 aromatic heterocycles. The lowest BCUT2D eigenvalue weighted by atomic mass is 10.0. The van der Waals surface area contributed by atoms with Crippen molar-refractivity contribution >= 4 is 27.3 Å². The first kappa shape index (κ1) is 21.1. The van der Waals surface area contributed by atoms with E-state index in [1.165, 1.54) is 20.2 Å². The summed E-state index contributed by atoms with van der Waals surface area (Å²) in [5, 5.41) is 2.83. The minimum Gasteiger partial charge on any atom is -0.495 e. The maximum atomic E-state index is 12.7. The number of nitrogens with one attached hydrogen (secondary N) is 1. The number of nitrogens with zero attached hydrogens (tertiary/aromatic N) is 2. The Balaban J connectivity index is 1.80. The highest BCUT2D eigenvalue weighted by Gasteiger charge is 2.24. The van der Waals surface area contributed by atoms with Gasteiger partial charge in [-0.25, -0.2) is 12.7 Å². The Labute approximate surface area is 172 Å². The molecule has 156 valence electrons. The van der Waals surface area contributed by atoms with Gasteiger partial charge in [-0.15, -0.1) is 0 Å². The molecule has 29 heavy (non-hydrogen) atoms. The summed E-state index contributed by atoms with van der Waals surface area (Å²) in [6.07, 6.45) is 1.91. The second kappa shape index (κ2) is 8.42. The number of carbonyl (C=O) groups excluding carboxylic acids is 1. The largest absolute Gasteiger partial charge is 0.495 e. The van der Waals surface area contributed by atoms with Gasteiger partial charge in [0.2, 0.25) is 15.9 Å². The van der Waals surface area contributed by atoms with E-state index in [2.05, 4.69) is 11.4 Å². The van der Waals surface area contributed by atoms with Crippen LogP contribution in [0.5, 0.6) is 5.75 Å². The Morgan fingerprint density at radius 2 is 2.00 bits per heavy atom. The number of anilines is 2. The fourth-order valence-corrected chi connectivity index (χ4v) is 4.69. The molecule has 0 spiro atoms. The summed E-state index contributed by atoms with van der Waals surface area (Å²) in [5.41, 5.74) is 3.21. The van der Waals surface area contributed by atoms with Crippen molar-refractivity contribution in [3.8, 4) is 5.75 Å². The highest BCUT2D eigenvalue weighted by atomic mass is 32.2. The van der Waals surface area contributed by atoms with E-state index in [1.807, 2.05) is 17.0 Å². The topological polar surface area (TPSA) is 79.0 Å². The highest BCUT2D eigenvalue weighted by molar-refractivity contribution is 7.89. The van der Waals surface area contributed by atoms with Gasteiger partial charge in [-0.05, 0) is 49.1 Å². The quantitative estimate of drug-likeness (QED) is 0.782. The van der Waals surface area contributed by atoms with Crippen molar-refractivity contribution in [3.63, 3.8) is 0 Å². The van der Waals surface area contributed by atoms with Crippen LogP contribution in [0.4, 0.5) is 11.4 Å². The van der Waals surface area contributed by atoms with Crippen LogP contribution >= 0.6 is 0 Å². The number of para-hydroxylation sites is 1. The summed E-state index contributed by atoms with van der Waals surface area (Å²) in [6.45, 7) is 2.66. The number of rotatable bonds is 6. The number of carbonyl (C=O) groups is 1. The number of benzene rings is 2. The van der Waals surface area contributed by atoms with Crippen molar-refractivity contribution in [2.45, 2.75) is 24.7 Å². The molecule has 0 saturated heterocycles. The molecule has 1 N–H and O–H groups in total. The maximum Gasteiger partial charge on any atom is 0.243 e. The van der Waals surface area contributed by atoms with Gasteiger partial charge in [0, 0.05) is 26.3 Å². The van der Waals surface area contributed by atoms with E-state index in [-0.39, 0.29) is 17.3 Å². The zero-order valence-corrected chi connectivity index (χ0v) is 18.0. The second-order valence-electron chi connectivity index (χ2n) is 7.31. The van der Waals surface area contributed by atoms with Crippen LogP contribution < -0.4 is 15.0 Å². The molecule has 7 nitrogen and oxygen atoms in total. The minimum atomic E-state index is -3.59. The molecule has 1 heterocycles. The molecule has 8 heteroatoms. The van der Waals surface area contributed by atoms with Crippen LogP contribution in [0.2, 0.25) is 0 Å². The van der Waals surface area contributed by atoms with Crippen molar-refractivity contribution in [2.24, 2.45) is 0 Å². The predicted molar refractivity (Wildman–Crippen MR) is 114 cm³/mol. The molecule has 0 fully saturated rings. The number of amides is 1. The number of aryl methyl sites for hydroxylation is 2. The molecule has 2 aromatic carbocycles. The SMILES string of the molecule is COc1cccc2c1N(CC(=O)Nc1ccc(C)c(S(=O)(=O)N(C)C)c1)CCC2. The van der Waals surface area contributed by atoms with E-state index in [1.54, 1.807) is 26.2 Å². The first-order valence-electron chi connectivity index (χ1n) is 9.48. The Morgan fingerprint density at radius 1 is 1.24 bits per heavy atom. The van der Waals surface area contributed by atoms with Gasteiger partial charge in [-0.2, -0.15) is 0 Å². The van der Waals surface area contributed by atoms with Gasteiger partial charge < -0.3 is 15.0 Å². The van der Waals surface area contributed by atoms with Gasteiger partial charge in [-0.3, -0.25) is 4.79 Å². The summed E-state index contributed by atoms with van der Waals surface area (Å²) in [6, 6.07) is 10.8. The fraction of sp³-hybridized carbons (Fsp3) is 0.381. The van der Waals surface area contributed by atoms with Crippen molar-refractivity contribution in [3.05, 3.63) is 47.5 Å². The summed E-state index contributed by atoms with van der Waals surface area (Å²) < 4.78 is 31.7. The fourth-order valence-electron chi connectivity index (χ4n) is 3.55. The van der Waals surface area contributed by atoms with Crippen molar-refractivity contribution in [1.29, 1.82) is 0 Å². The smallest absolute Gasteiger partial charge is 0.243 e. The summed E-state index contributed by atoms with van der Waals surface area (Å²) in [4.78, 5) is 14.9. The van der Waals surface area contributed by atoms with Crippen molar-refractivity contribution in [2.75, 3.05) is 44.5 Å². The summed E-state index contributed by atoms with van der Waals surface area (Å²) in [7, 11) is 1.01. The third-order valence-electron chi connectivity index (χ3n) is 5.06. The number of hydrogen-bond donors (Lipinski definition) is 1. The number of hydrogen-bond acceptors (Lipinski definition) is 5. The molecule has 1 aliphatic heterocycles. The average molecular weight is 418 g/mol. The zero-order valence-electron chi connectivity index (χ0n) is 17.2. The van der Waals surface area contributed by atoms with Gasteiger partial charge in [0.25, 0.3) is 0 Å². The lowest BCUT2D eigenvalue weighted by molar-refractivity contribution is -0.115. The van der Waals surface area contributed by atoms with Crippen molar-refractivity contribution < 1.29 is 17.9 Å². The lowest BCUT2D eigenvalue weighted by Gasteiger charge is -2.32. The van der Waals surface area contributed by atoms with Crippen LogP contribution in [0.3, 0.4) is 0 Å². The minimum absolute atomic E-state index is 0.164. The van der Waals surface area contributed by atoms with Crippen LogP contribution in [-0.2, 0) is 21.2 Å². The van der Waals surface area contributed by atoms with Crippen LogP contribution in [0.1, 0.15) is 17.5 Å². The van der Waals surface area contributed by atoms with Crippen molar-refractivity contribution in [1.82, 2.24) is 4.31 Å². The van der Waals surface area contributed by atoms with Crippen LogP contribution in [-0.4, -0.2) is 52.9 Å². The van der Waals surface area contributed by atoms with Crippen LogP contribution in [0.25, 0.3) is 0 Å². The molecule has 0 aliphatic carbocycles. The standard InChI is InChI=1S/C21H27N3O4S/c1-15-10-11-17(13-19(15)29(26,27)23(2)3)22-20(25)14-24-12-6-8-16-7-5-9-18(28-4)21(16)24/h5,7,9-11,13H,6,8,12,14H2,1-4H3,(H,22,25). The number of fused-ring (bicyclic) bond motifs is 1. The van der Waals surface area contributed by atoms with Gasteiger partial charge in [0.05, 0.1) is 24.2 Å². The Kier molecular flexibility index (Phi) is 6.14. The molecule has 0 atom stereocenters. The molecule has 3 rings (SSSR count). The Morgan fingerprint density at radius 3 is 2.69 bits per heavy atom. The normalized spacial score (nSPS) is 13.9. The van der Waals surface area contributed by atoms with Gasteiger partial charge in [0.1, 0.15) is 5.75 Å². The van der Waals surface area contributed by atoms with E-state index in [4.69, 9.17) is 4.74 Å². The molecule has 0 saturated carbocycles. The van der Waals surface area contributed by atoms with Crippen LogP contribution in [0, 0.1) is 6.92 Å². The third-order valence-corrected chi connectivity index (χ3v) is 7.01. The number of ether oxygens (including phenoxy) is 1. The van der Waals surface area contributed by atoms with E-state index < -0.39 is 10.0 Å². The zero-order chi connectivity index (χ0) is 21.2. The third kappa shape index (κ3) is 4.38. The van der Waals surface area contributed by atoms with E-state index in [0.29, 0.717) is 11.3 Å². The maximum absolute atomic E-state index is 12.7. The van der Waals surface area contributed by atoms with Gasteiger partial charge in [-0.1, -0.05) is 18.2 Å². The first-order valence-corrected chi connectivity index (χ1v) is 10.9. The van der Waals surface area contributed by atoms with E-state index in [9.17, 15) is 13.2 Å². The number of methoxy groups -OCH3 is 1. The average Bonchev–Trinajstić information content (AvgIpc) is 2.68. The molecular formula is C21H27N3O4S. The summed E-state index contributed by atoms with van der Waals surface area (Å²) >= 11 is 0. The molecule has 2 aromatic rings.